The van der Waals surface area contributed by atoms with Gasteiger partial charge >= 0.3 is 0 Å². The third-order valence-corrected chi connectivity index (χ3v) is 14.1. The first kappa shape index (κ1) is 34.3. The third-order valence-electron chi connectivity index (χ3n) is 14.1. The van der Waals surface area contributed by atoms with Crippen LogP contribution in [0.2, 0.25) is 0 Å². The molecule has 0 radical (unpaired) electrons. The highest BCUT2D eigenvalue weighted by Crippen LogP contribution is 2.39. The highest BCUT2D eigenvalue weighted by atomic mass is 15.2. The van der Waals surface area contributed by atoms with Gasteiger partial charge in [-0.25, -0.2) is 19.9 Å². The molecular weight excluding hydrogens is 817 g/mol. The van der Waals surface area contributed by atoms with E-state index < -0.39 is 0 Å². The van der Waals surface area contributed by atoms with Gasteiger partial charge in [0.1, 0.15) is 0 Å². The quantitative estimate of drug-likeness (QED) is 0.177. The van der Waals surface area contributed by atoms with Crippen LogP contribution in [0.1, 0.15) is 0 Å². The summed E-state index contributed by atoms with van der Waals surface area (Å²) < 4.78 is 18.1. The Balaban J connectivity index is 0.909. The highest BCUT2D eigenvalue weighted by Gasteiger charge is 2.24. The molecule has 0 atom stereocenters. The summed E-state index contributed by atoms with van der Waals surface area (Å²) in [6.07, 6.45) is 0. The summed E-state index contributed by atoms with van der Waals surface area (Å²) >= 11 is 0. The zero-order valence-corrected chi connectivity index (χ0v) is 35.5. The van der Waals surface area contributed by atoms with E-state index in [-0.39, 0.29) is 0 Å². The maximum absolute atomic E-state index is 5.28. The summed E-state index contributed by atoms with van der Waals surface area (Å²) in [7, 11) is 4.22. The summed E-state index contributed by atoms with van der Waals surface area (Å²) in [6.45, 7) is 0. The number of aryl methyl sites for hydroxylation is 2. The minimum absolute atomic E-state index is 0.861. The molecule has 0 aliphatic carbocycles. The Bertz CT molecular complexity index is 4800. The number of hydrogen-bond acceptors (Lipinski definition) is 4. The van der Waals surface area contributed by atoms with Gasteiger partial charge in [0.15, 0.2) is 0 Å². The van der Waals surface area contributed by atoms with Gasteiger partial charge in [0.05, 0.1) is 99.6 Å². The Morgan fingerprint density at radius 3 is 1.44 bits per heavy atom. The molecule has 66 heavy (non-hydrogen) atoms. The molecule has 16 aromatic rings. The van der Waals surface area contributed by atoms with Crippen molar-refractivity contribution in [2.75, 3.05) is 0 Å². The molecule has 0 spiro atoms. The zero-order chi connectivity index (χ0) is 43.1. The molecule has 12 nitrogen and oxygen atoms in total. The van der Waals surface area contributed by atoms with Crippen LogP contribution in [-0.4, -0.2) is 55.8 Å². The van der Waals surface area contributed by atoms with E-state index in [9.17, 15) is 0 Å². The van der Waals surface area contributed by atoms with Crippen molar-refractivity contribution in [2.24, 2.45) is 14.1 Å². The van der Waals surface area contributed by atoms with Gasteiger partial charge in [-0.2, -0.15) is 0 Å². The Morgan fingerprint density at radius 1 is 0.303 bits per heavy atom. The van der Waals surface area contributed by atoms with Gasteiger partial charge < -0.3 is 9.13 Å². The van der Waals surface area contributed by atoms with Crippen molar-refractivity contribution in [1.29, 1.82) is 0 Å². The van der Waals surface area contributed by atoms with Crippen molar-refractivity contribution in [3.63, 3.8) is 0 Å². The average molecular weight is 851 g/mol. The molecule has 0 amide bonds. The molecule has 0 fully saturated rings. The van der Waals surface area contributed by atoms with Crippen molar-refractivity contribution >= 4 is 111 Å². The van der Waals surface area contributed by atoms with Crippen LogP contribution in [0.25, 0.3) is 134 Å². The van der Waals surface area contributed by atoms with E-state index in [1.165, 1.54) is 0 Å². The van der Waals surface area contributed by atoms with E-state index in [1.54, 1.807) is 0 Å². The van der Waals surface area contributed by atoms with Crippen molar-refractivity contribution in [3.8, 4) is 22.5 Å². The fourth-order valence-electron chi connectivity index (χ4n) is 11.2. The molecule has 12 heteroatoms. The number of aromatic nitrogens is 12. The molecule has 0 saturated heterocycles. The third kappa shape index (κ3) is 4.14. The lowest BCUT2D eigenvalue weighted by molar-refractivity contribution is 0.973. The first-order valence-corrected chi connectivity index (χ1v) is 22.1. The molecule has 0 aliphatic rings. The van der Waals surface area contributed by atoms with Crippen LogP contribution in [0.3, 0.4) is 0 Å². The van der Waals surface area contributed by atoms with E-state index in [0.29, 0.717) is 0 Å². The number of benzene rings is 8. The molecule has 8 heterocycles. The maximum atomic E-state index is 5.28. The Labute approximate surface area is 372 Å². The van der Waals surface area contributed by atoms with Gasteiger partial charge in [-0.15, -0.1) is 0 Å². The Hall–Kier alpha value is -9.16. The zero-order valence-electron chi connectivity index (χ0n) is 35.5. The number of hydrogen-bond donors (Lipinski definition) is 0. The molecule has 16 rings (SSSR count). The second-order valence-corrected chi connectivity index (χ2v) is 17.5. The van der Waals surface area contributed by atoms with Crippen LogP contribution in [-0.2, 0) is 14.1 Å². The van der Waals surface area contributed by atoms with E-state index in [4.69, 9.17) is 19.9 Å². The van der Waals surface area contributed by atoms with Gasteiger partial charge in [0.25, 0.3) is 0 Å². The van der Waals surface area contributed by atoms with Crippen LogP contribution in [0.4, 0.5) is 0 Å². The SMILES string of the molecule is Cn1c2ccc(-n3c4ccc(-c5cccc6c5n(C)c5nc7ccc(-n8c9ccccc9n9c%10ccccc%10nc89)cc7n65)cc4n4c5ccccc5nc34)cc2n2c3ccccc3nc12. The Morgan fingerprint density at radius 2 is 0.758 bits per heavy atom. The second-order valence-electron chi connectivity index (χ2n) is 17.5. The average Bonchev–Trinajstić information content (AvgIpc) is 4.23. The minimum Gasteiger partial charge on any atom is -0.313 e. The van der Waals surface area contributed by atoms with E-state index in [0.717, 1.165) is 134 Å². The van der Waals surface area contributed by atoms with Gasteiger partial charge in [0.2, 0.25) is 23.1 Å². The predicted molar refractivity (Wildman–Crippen MR) is 264 cm³/mol. The second kappa shape index (κ2) is 11.9. The molecule has 8 aromatic carbocycles. The van der Waals surface area contributed by atoms with Crippen molar-refractivity contribution in [3.05, 3.63) is 170 Å². The lowest BCUT2D eigenvalue weighted by Gasteiger charge is -2.09. The fraction of sp³-hybridized carbons (Fsp3) is 0.0370. The van der Waals surface area contributed by atoms with Crippen LogP contribution in [0.15, 0.2) is 170 Å². The van der Waals surface area contributed by atoms with Crippen LogP contribution in [0, 0.1) is 0 Å². The molecular formula is C54H34N12. The maximum Gasteiger partial charge on any atom is 0.220 e. The lowest BCUT2D eigenvalue weighted by Crippen LogP contribution is -1.96. The largest absolute Gasteiger partial charge is 0.313 e. The molecule has 0 saturated carbocycles. The standard InChI is InChI=1S/C54H34N12/c1-59-42-27-24-33(30-49(42)64-40-17-7-3-13-35(40)55-51(59)64)62-45-26-22-31(28-48(45)65-41-18-8-5-15-37(41)58-54(62)65)34-12-11-21-46-50(34)60(2)52-56-38-25-23-32(29-47(38)66(46)52)61-43-19-9-10-20-44(43)63-39-16-6-4-14-36(39)57-53(61)63/h3-30H,1-2H3. The van der Waals surface area contributed by atoms with Crippen LogP contribution < -0.4 is 0 Å². The minimum atomic E-state index is 0.861. The lowest BCUT2D eigenvalue weighted by atomic mass is 10.0. The number of nitrogens with zero attached hydrogens (tertiary/aromatic N) is 12. The summed E-state index contributed by atoms with van der Waals surface area (Å²) in [5, 5.41) is 0. The topological polar surface area (TPSA) is 88.9 Å². The molecule has 8 aromatic heterocycles. The van der Waals surface area contributed by atoms with Gasteiger partial charge in [-0.05, 0) is 109 Å². The summed E-state index contributed by atoms with van der Waals surface area (Å²) in [6, 6.07) is 60.3. The van der Waals surface area contributed by atoms with E-state index in [2.05, 4.69) is 208 Å². The van der Waals surface area contributed by atoms with Crippen LogP contribution >= 0.6 is 0 Å². The number of rotatable bonds is 3. The van der Waals surface area contributed by atoms with E-state index in [1.807, 2.05) is 12.1 Å². The molecule has 0 bridgehead atoms. The number of para-hydroxylation sites is 9. The summed E-state index contributed by atoms with van der Waals surface area (Å²) in [4.78, 5) is 20.7. The smallest absolute Gasteiger partial charge is 0.220 e. The molecule has 0 N–H and O–H groups in total. The van der Waals surface area contributed by atoms with Gasteiger partial charge in [-0.3, -0.25) is 26.7 Å². The van der Waals surface area contributed by atoms with Crippen LogP contribution in [0.5, 0.6) is 0 Å². The van der Waals surface area contributed by atoms with Crippen molar-refractivity contribution in [1.82, 2.24) is 55.8 Å². The Kier molecular flexibility index (Phi) is 6.19. The fourth-order valence-corrected chi connectivity index (χ4v) is 11.2. The summed E-state index contributed by atoms with van der Waals surface area (Å²) in [5.41, 5.74) is 21.2. The van der Waals surface area contributed by atoms with Crippen molar-refractivity contribution < 1.29 is 0 Å². The number of imidazole rings is 8. The van der Waals surface area contributed by atoms with Gasteiger partial charge in [-0.1, -0.05) is 66.7 Å². The molecule has 310 valence electrons. The number of fused-ring (bicyclic) bond motifs is 20. The normalized spacial score (nSPS) is 12.7. The first-order chi connectivity index (χ1) is 32.6. The first-order valence-electron chi connectivity index (χ1n) is 22.1. The predicted octanol–water partition coefficient (Wildman–Crippen LogP) is 11.4. The van der Waals surface area contributed by atoms with Gasteiger partial charge in [0, 0.05) is 19.7 Å². The van der Waals surface area contributed by atoms with Crippen molar-refractivity contribution in [2.45, 2.75) is 0 Å². The monoisotopic (exact) mass is 850 g/mol. The summed E-state index contributed by atoms with van der Waals surface area (Å²) in [5.74, 6) is 3.53. The van der Waals surface area contributed by atoms with E-state index >= 15 is 0 Å². The molecule has 0 unspecified atom stereocenters. The molecule has 0 aliphatic heterocycles. The highest BCUT2D eigenvalue weighted by molar-refractivity contribution is 6.02.